The summed E-state index contributed by atoms with van der Waals surface area (Å²) in [6.45, 7) is 5.12. The van der Waals surface area contributed by atoms with Gasteiger partial charge in [-0.2, -0.15) is 0 Å². The molecule has 0 radical (unpaired) electrons. The van der Waals surface area contributed by atoms with Gasteiger partial charge in [0, 0.05) is 29.9 Å². The molecule has 0 atom stereocenters. The highest BCUT2D eigenvalue weighted by atomic mass is 19.1. The van der Waals surface area contributed by atoms with E-state index < -0.39 is 23.3 Å². The third-order valence-corrected chi connectivity index (χ3v) is 7.28. The number of rotatable bonds is 6. The van der Waals surface area contributed by atoms with E-state index in [1.54, 1.807) is 38.5 Å². The third kappa shape index (κ3) is 4.39. The molecule has 3 N–H and O–H groups in total. The number of aromatic nitrogens is 1. The lowest BCUT2D eigenvalue weighted by atomic mass is 9.76. The number of carbonyl (C=O) groups excluding carboxylic acids is 3. The van der Waals surface area contributed by atoms with Crippen LogP contribution >= 0.6 is 0 Å². The molecule has 2 aromatic rings. The standard InChI is InChI=1S/C26H32FN3O4/c1-14-11-17(9-10-19(14)27)28-24(33)20-15(2)21(30(4)22(20)16-7-5-6-8-16)23(32)25(34)29-26(3)12-18(31)13-26/h9-11,16,18,31H,5-8,12-13H2,1-4H3,(H,28,33)(H,29,34). The number of anilines is 1. The molecular weight excluding hydrogens is 437 g/mol. The van der Waals surface area contributed by atoms with Gasteiger partial charge in [0.2, 0.25) is 0 Å². The third-order valence-electron chi connectivity index (χ3n) is 7.28. The second-order valence-electron chi connectivity index (χ2n) is 10.1. The number of nitrogens with one attached hydrogen (secondary N) is 2. The number of aliphatic hydroxyl groups excluding tert-OH is 1. The Balaban J connectivity index is 1.68. The summed E-state index contributed by atoms with van der Waals surface area (Å²) in [5.41, 5.74) is 2.08. The summed E-state index contributed by atoms with van der Waals surface area (Å²) >= 11 is 0. The van der Waals surface area contributed by atoms with Crippen molar-refractivity contribution < 1.29 is 23.9 Å². The van der Waals surface area contributed by atoms with Crippen molar-refractivity contribution in [3.05, 3.63) is 52.1 Å². The lowest BCUT2D eigenvalue weighted by Crippen LogP contribution is -2.58. The molecule has 1 aromatic carbocycles. The van der Waals surface area contributed by atoms with Gasteiger partial charge < -0.3 is 20.3 Å². The van der Waals surface area contributed by atoms with E-state index in [4.69, 9.17) is 0 Å². The molecule has 182 valence electrons. The van der Waals surface area contributed by atoms with Crippen molar-refractivity contribution >= 4 is 23.3 Å². The quantitative estimate of drug-likeness (QED) is 0.441. The lowest BCUT2D eigenvalue weighted by molar-refractivity contribution is -0.121. The highest BCUT2D eigenvalue weighted by molar-refractivity contribution is 6.43. The molecule has 2 amide bonds. The number of carbonyl (C=O) groups is 3. The maximum Gasteiger partial charge on any atom is 0.294 e. The van der Waals surface area contributed by atoms with E-state index in [2.05, 4.69) is 10.6 Å². The summed E-state index contributed by atoms with van der Waals surface area (Å²) in [7, 11) is 1.73. The van der Waals surface area contributed by atoms with Crippen LogP contribution in [0.4, 0.5) is 10.1 Å². The molecule has 1 aromatic heterocycles. The minimum Gasteiger partial charge on any atom is -0.393 e. The van der Waals surface area contributed by atoms with E-state index in [9.17, 15) is 23.9 Å². The highest BCUT2D eigenvalue weighted by Gasteiger charge is 2.42. The number of benzene rings is 1. The van der Waals surface area contributed by atoms with Gasteiger partial charge >= 0.3 is 0 Å². The molecule has 0 spiro atoms. The topological polar surface area (TPSA) is 100 Å². The second kappa shape index (κ2) is 8.98. The number of aliphatic hydroxyl groups is 1. The first-order chi connectivity index (χ1) is 16.0. The van der Waals surface area contributed by atoms with Crippen LogP contribution in [0.15, 0.2) is 18.2 Å². The van der Waals surface area contributed by atoms with Crippen LogP contribution in [0.3, 0.4) is 0 Å². The van der Waals surface area contributed by atoms with Crippen LogP contribution in [-0.4, -0.2) is 38.9 Å². The van der Waals surface area contributed by atoms with Gasteiger partial charge in [-0.1, -0.05) is 12.8 Å². The molecule has 34 heavy (non-hydrogen) atoms. The first-order valence-corrected chi connectivity index (χ1v) is 11.8. The SMILES string of the molecule is Cc1cc(NC(=O)c2c(C)c(C(=O)C(=O)NC3(C)CC(O)C3)n(C)c2C2CCCC2)ccc1F. The Morgan fingerprint density at radius 3 is 2.38 bits per heavy atom. The summed E-state index contributed by atoms with van der Waals surface area (Å²) in [6.07, 6.45) is 4.21. The predicted octanol–water partition coefficient (Wildman–Crippen LogP) is 3.90. The number of hydrogen-bond donors (Lipinski definition) is 3. The Kier molecular flexibility index (Phi) is 6.38. The molecular formula is C26H32FN3O4. The monoisotopic (exact) mass is 469 g/mol. The Morgan fingerprint density at radius 2 is 1.79 bits per heavy atom. The molecule has 2 fully saturated rings. The summed E-state index contributed by atoms with van der Waals surface area (Å²) in [6, 6.07) is 4.37. The molecule has 8 heteroatoms. The number of Topliss-reactive ketones (excluding diaryl/α,β-unsaturated/α-hetero) is 1. The van der Waals surface area contributed by atoms with Crippen molar-refractivity contribution in [2.24, 2.45) is 7.05 Å². The molecule has 2 aliphatic rings. The number of aryl methyl sites for hydroxylation is 1. The number of ketones is 1. The van der Waals surface area contributed by atoms with Gasteiger partial charge in [-0.3, -0.25) is 14.4 Å². The fourth-order valence-electron chi connectivity index (χ4n) is 5.57. The first kappa shape index (κ1) is 24.1. The van der Waals surface area contributed by atoms with Gasteiger partial charge in [0.05, 0.1) is 17.4 Å². The first-order valence-electron chi connectivity index (χ1n) is 11.8. The fourth-order valence-corrected chi connectivity index (χ4v) is 5.57. The molecule has 7 nitrogen and oxygen atoms in total. The van der Waals surface area contributed by atoms with Crippen LogP contribution < -0.4 is 10.6 Å². The average Bonchev–Trinajstić information content (AvgIpc) is 3.35. The number of halogens is 1. The summed E-state index contributed by atoms with van der Waals surface area (Å²) < 4.78 is 15.4. The van der Waals surface area contributed by atoms with Crippen LogP contribution in [0.25, 0.3) is 0 Å². The molecule has 0 aliphatic heterocycles. The van der Waals surface area contributed by atoms with Crippen molar-refractivity contribution in [2.45, 2.75) is 76.9 Å². The molecule has 0 bridgehead atoms. The zero-order valence-corrected chi connectivity index (χ0v) is 20.1. The average molecular weight is 470 g/mol. The molecule has 0 unspecified atom stereocenters. The molecule has 1 heterocycles. The van der Waals surface area contributed by atoms with Crippen molar-refractivity contribution in [2.75, 3.05) is 5.32 Å². The maximum absolute atomic E-state index is 13.7. The van der Waals surface area contributed by atoms with E-state index in [1.807, 2.05) is 0 Å². The van der Waals surface area contributed by atoms with E-state index in [0.717, 1.165) is 31.4 Å². The minimum absolute atomic E-state index is 0.114. The smallest absolute Gasteiger partial charge is 0.294 e. The minimum atomic E-state index is -0.739. The molecule has 2 aliphatic carbocycles. The van der Waals surface area contributed by atoms with Crippen molar-refractivity contribution in [1.82, 2.24) is 9.88 Å². The van der Waals surface area contributed by atoms with Crippen molar-refractivity contribution in [3.8, 4) is 0 Å². The van der Waals surface area contributed by atoms with Crippen molar-refractivity contribution in [3.63, 3.8) is 0 Å². The maximum atomic E-state index is 13.7. The van der Waals surface area contributed by atoms with E-state index in [0.29, 0.717) is 35.2 Å². The predicted molar refractivity (Wildman–Crippen MR) is 127 cm³/mol. The molecule has 0 saturated heterocycles. The van der Waals surface area contributed by atoms with Crippen LogP contribution in [0.2, 0.25) is 0 Å². The number of hydrogen-bond acceptors (Lipinski definition) is 4. The second-order valence-corrected chi connectivity index (χ2v) is 10.1. The summed E-state index contributed by atoms with van der Waals surface area (Å²) in [5.74, 6) is -2.05. The number of amides is 2. The van der Waals surface area contributed by atoms with Crippen LogP contribution in [-0.2, 0) is 11.8 Å². The van der Waals surface area contributed by atoms with Gasteiger partial charge in [0.15, 0.2) is 0 Å². The fraction of sp³-hybridized carbons (Fsp3) is 0.500. The summed E-state index contributed by atoms with van der Waals surface area (Å²) in [5, 5.41) is 15.2. The normalized spacial score (nSPS) is 22.4. The van der Waals surface area contributed by atoms with E-state index in [1.165, 1.54) is 12.1 Å². The molecule has 4 rings (SSSR count). The van der Waals surface area contributed by atoms with Gasteiger partial charge in [-0.25, -0.2) is 4.39 Å². The van der Waals surface area contributed by atoms with Crippen molar-refractivity contribution in [1.29, 1.82) is 0 Å². The Morgan fingerprint density at radius 1 is 1.15 bits per heavy atom. The van der Waals surface area contributed by atoms with E-state index >= 15 is 0 Å². The Hall–Kier alpha value is -3.00. The molecule has 2 saturated carbocycles. The number of nitrogens with zero attached hydrogens (tertiary/aromatic N) is 1. The van der Waals surface area contributed by atoms with Gasteiger partial charge in [0.25, 0.3) is 17.6 Å². The highest BCUT2D eigenvalue weighted by Crippen LogP contribution is 2.39. The lowest BCUT2D eigenvalue weighted by Gasteiger charge is -2.42. The van der Waals surface area contributed by atoms with Gasteiger partial charge in [0.1, 0.15) is 5.82 Å². The van der Waals surface area contributed by atoms with Crippen LogP contribution in [0.1, 0.15) is 89.0 Å². The van der Waals surface area contributed by atoms with Crippen LogP contribution in [0, 0.1) is 19.7 Å². The van der Waals surface area contributed by atoms with Gasteiger partial charge in [-0.05, 0) is 75.8 Å². The van der Waals surface area contributed by atoms with Crippen LogP contribution in [0.5, 0.6) is 0 Å². The Bertz CT molecular complexity index is 1160. The van der Waals surface area contributed by atoms with Gasteiger partial charge in [-0.15, -0.1) is 0 Å². The zero-order chi connectivity index (χ0) is 24.8. The zero-order valence-electron chi connectivity index (χ0n) is 20.1. The van der Waals surface area contributed by atoms with E-state index in [-0.39, 0.29) is 23.3 Å². The summed E-state index contributed by atoms with van der Waals surface area (Å²) in [4.78, 5) is 39.5. The Labute approximate surface area is 198 Å². The largest absolute Gasteiger partial charge is 0.393 e.